The lowest BCUT2D eigenvalue weighted by atomic mass is 10.0. The van der Waals surface area contributed by atoms with Crippen LogP contribution in [-0.2, 0) is 4.79 Å². The monoisotopic (exact) mass is 341 g/mol. The van der Waals surface area contributed by atoms with Gasteiger partial charge in [0.15, 0.2) is 6.61 Å². The summed E-state index contributed by atoms with van der Waals surface area (Å²) in [5.41, 5.74) is 4.15. The van der Waals surface area contributed by atoms with Gasteiger partial charge in [0.1, 0.15) is 5.75 Å². The molecule has 2 rings (SSSR count). The minimum Gasteiger partial charge on any atom is -0.484 e. The van der Waals surface area contributed by atoms with Crippen LogP contribution in [0.15, 0.2) is 59.7 Å². The van der Waals surface area contributed by atoms with Gasteiger partial charge < -0.3 is 4.74 Å². The number of carbonyl (C=O) groups is 1. The summed E-state index contributed by atoms with van der Waals surface area (Å²) < 4.78 is 5.30. The maximum absolute atomic E-state index is 11.9. The Morgan fingerprint density at radius 1 is 1.16 bits per heavy atom. The number of non-ortho nitro benzene ring substituents is 1. The second-order valence-electron chi connectivity index (χ2n) is 5.59. The lowest BCUT2D eigenvalue weighted by Gasteiger charge is -2.11. The Hall–Kier alpha value is -3.22. The Bertz CT molecular complexity index is 756. The molecule has 0 spiro atoms. The third-order valence-corrected chi connectivity index (χ3v) is 3.33. The molecule has 25 heavy (non-hydrogen) atoms. The van der Waals surface area contributed by atoms with Crippen LogP contribution in [0, 0.1) is 16.0 Å². The number of carbonyl (C=O) groups excluding carboxylic acids is 1. The van der Waals surface area contributed by atoms with Crippen molar-refractivity contribution in [2.75, 3.05) is 6.61 Å². The SMILES string of the molecule is CC(C)C(=NNC(=O)COc1ccc([N+](=O)[O-])cc1)c1ccccc1. The van der Waals surface area contributed by atoms with E-state index in [4.69, 9.17) is 4.74 Å². The average Bonchev–Trinajstić information content (AvgIpc) is 2.61. The third-order valence-electron chi connectivity index (χ3n) is 3.33. The van der Waals surface area contributed by atoms with Crippen molar-refractivity contribution in [3.05, 3.63) is 70.3 Å². The molecular formula is C18H19N3O4. The highest BCUT2D eigenvalue weighted by Gasteiger charge is 2.10. The minimum absolute atomic E-state index is 0.0363. The number of amides is 1. The van der Waals surface area contributed by atoms with Gasteiger partial charge in [0.05, 0.1) is 10.6 Å². The molecule has 0 radical (unpaired) electrons. The molecule has 0 aromatic heterocycles. The Morgan fingerprint density at radius 2 is 1.80 bits per heavy atom. The normalized spacial score (nSPS) is 11.2. The number of hydrogen-bond donors (Lipinski definition) is 1. The molecule has 0 atom stereocenters. The van der Waals surface area contributed by atoms with E-state index >= 15 is 0 Å². The Morgan fingerprint density at radius 3 is 2.36 bits per heavy atom. The van der Waals surface area contributed by atoms with Gasteiger partial charge >= 0.3 is 0 Å². The largest absolute Gasteiger partial charge is 0.484 e. The molecular weight excluding hydrogens is 322 g/mol. The molecule has 0 aliphatic rings. The van der Waals surface area contributed by atoms with Crippen LogP contribution in [0.5, 0.6) is 5.75 Å². The Balaban J connectivity index is 1.93. The fourth-order valence-electron chi connectivity index (χ4n) is 2.10. The number of hydrogen-bond acceptors (Lipinski definition) is 5. The number of benzene rings is 2. The van der Waals surface area contributed by atoms with E-state index in [9.17, 15) is 14.9 Å². The third kappa shape index (κ3) is 5.42. The zero-order valence-electron chi connectivity index (χ0n) is 14.0. The van der Waals surface area contributed by atoms with Crippen molar-refractivity contribution in [1.29, 1.82) is 0 Å². The standard InChI is InChI=1S/C18H19N3O4/c1-13(2)18(14-6-4-3-5-7-14)20-19-17(22)12-25-16-10-8-15(9-11-16)21(23)24/h3-11,13H,12H2,1-2H3,(H,19,22). The Kier molecular flexibility index (Phi) is 6.22. The molecule has 1 amide bonds. The van der Waals surface area contributed by atoms with Crippen LogP contribution in [0.1, 0.15) is 19.4 Å². The second-order valence-corrected chi connectivity index (χ2v) is 5.59. The number of hydrazone groups is 1. The van der Waals surface area contributed by atoms with Crippen molar-refractivity contribution >= 4 is 17.3 Å². The number of nitro groups is 1. The van der Waals surface area contributed by atoms with E-state index in [2.05, 4.69) is 10.5 Å². The van der Waals surface area contributed by atoms with E-state index in [1.165, 1.54) is 24.3 Å². The number of rotatable bonds is 7. The lowest BCUT2D eigenvalue weighted by molar-refractivity contribution is -0.384. The molecule has 7 heteroatoms. The predicted octanol–water partition coefficient (Wildman–Crippen LogP) is 3.15. The summed E-state index contributed by atoms with van der Waals surface area (Å²) in [7, 11) is 0. The van der Waals surface area contributed by atoms with Gasteiger partial charge in [0.25, 0.3) is 11.6 Å². The molecule has 0 saturated heterocycles. The van der Waals surface area contributed by atoms with Crippen molar-refractivity contribution in [3.8, 4) is 5.75 Å². The van der Waals surface area contributed by atoms with Crippen LogP contribution in [0.4, 0.5) is 5.69 Å². The molecule has 0 aliphatic carbocycles. The molecule has 130 valence electrons. The maximum atomic E-state index is 11.9. The van der Waals surface area contributed by atoms with E-state index in [-0.39, 0.29) is 18.2 Å². The van der Waals surface area contributed by atoms with Crippen molar-refractivity contribution < 1.29 is 14.5 Å². The smallest absolute Gasteiger partial charge is 0.277 e. The molecule has 0 fully saturated rings. The summed E-state index contributed by atoms with van der Waals surface area (Å²) in [5.74, 6) is 0.0996. The fraction of sp³-hybridized carbons (Fsp3) is 0.222. The first-order chi connectivity index (χ1) is 12.0. The first-order valence-electron chi connectivity index (χ1n) is 7.76. The van der Waals surface area contributed by atoms with Crippen molar-refractivity contribution in [2.45, 2.75) is 13.8 Å². The van der Waals surface area contributed by atoms with Gasteiger partial charge in [-0.25, -0.2) is 5.43 Å². The summed E-state index contributed by atoms with van der Waals surface area (Å²) in [4.78, 5) is 22.0. The van der Waals surface area contributed by atoms with Crippen LogP contribution >= 0.6 is 0 Å². The van der Waals surface area contributed by atoms with E-state index in [1.807, 2.05) is 44.2 Å². The van der Waals surface area contributed by atoms with E-state index < -0.39 is 10.8 Å². The van der Waals surface area contributed by atoms with Gasteiger partial charge in [-0.2, -0.15) is 5.10 Å². The molecule has 7 nitrogen and oxygen atoms in total. The van der Waals surface area contributed by atoms with E-state index in [0.29, 0.717) is 5.75 Å². The van der Waals surface area contributed by atoms with E-state index in [1.54, 1.807) is 0 Å². The first kappa shape index (κ1) is 18.1. The van der Waals surface area contributed by atoms with Gasteiger partial charge in [0.2, 0.25) is 0 Å². The molecule has 0 bridgehead atoms. The summed E-state index contributed by atoms with van der Waals surface area (Å²) in [6.45, 7) is 3.75. The van der Waals surface area contributed by atoms with E-state index in [0.717, 1.165) is 11.3 Å². The average molecular weight is 341 g/mol. The minimum atomic E-state index is -0.498. The highest BCUT2D eigenvalue weighted by molar-refractivity contribution is 6.02. The van der Waals surface area contributed by atoms with Gasteiger partial charge in [-0.05, 0) is 23.6 Å². The number of ether oxygens (including phenoxy) is 1. The summed E-state index contributed by atoms with van der Waals surface area (Å²) in [6, 6.07) is 15.1. The maximum Gasteiger partial charge on any atom is 0.277 e. The second kappa shape index (κ2) is 8.58. The lowest BCUT2D eigenvalue weighted by Crippen LogP contribution is -2.27. The first-order valence-corrected chi connectivity index (χ1v) is 7.76. The molecule has 2 aromatic rings. The van der Waals surface area contributed by atoms with Gasteiger partial charge in [0, 0.05) is 12.1 Å². The summed E-state index contributed by atoms with van der Waals surface area (Å²) in [6.07, 6.45) is 0. The zero-order chi connectivity index (χ0) is 18.2. The van der Waals surface area contributed by atoms with Crippen molar-refractivity contribution in [1.82, 2.24) is 5.43 Å². The number of nitrogens with zero attached hydrogens (tertiary/aromatic N) is 2. The van der Waals surface area contributed by atoms with Gasteiger partial charge in [-0.3, -0.25) is 14.9 Å². The molecule has 1 N–H and O–H groups in total. The molecule has 0 unspecified atom stereocenters. The van der Waals surface area contributed by atoms with Gasteiger partial charge in [-0.15, -0.1) is 0 Å². The summed E-state index contributed by atoms with van der Waals surface area (Å²) >= 11 is 0. The molecule has 0 heterocycles. The zero-order valence-corrected chi connectivity index (χ0v) is 14.0. The van der Waals surface area contributed by atoms with Crippen LogP contribution < -0.4 is 10.2 Å². The highest BCUT2D eigenvalue weighted by atomic mass is 16.6. The van der Waals surface area contributed by atoms with Gasteiger partial charge in [-0.1, -0.05) is 44.2 Å². The van der Waals surface area contributed by atoms with Crippen LogP contribution in [-0.4, -0.2) is 23.1 Å². The number of nitrogens with one attached hydrogen (secondary N) is 1. The predicted molar refractivity (Wildman–Crippen MR) is 94.6 cm³/mol. The number of nitro benzene ring substituents is 1. The molecule has 2 aromatic carbocycles. The summed E-state index contributed by atoms with van der Waals surface area (Å²) in [5, 5.41) is 14.8. The van der Waals surface area contributed by atoms with Crippen LogP contribution in [0.3, 0.4) is 0 Å². The highest BCUT2D eigenvalue weighted by Crippen LogP contribution is 2.17. The molecule has 0 saturated carbocycles. The van der Waals surface area contributed by atoms with Crippen LogP contribution in [0.25, 0.3) is 0 Å². The topological polar surface area (TPSA) is 93.8 Å². The fourth-order valence-corrected chi connectivity index (χ4v) is 2.10. The van der Waals surface area contributed by atoms with Crippen LogP contribution in [0.2, 0.25) is 0 Å². The van der Waals surface area contributed by atoms with Crippen molar-refractivity contribution in [3.63, 3.8) is 0 Å². The van der Waals surface area contributed by atoms with Crippen molar-refractivity contribution in [2.24, 2.45) is 11.0 Å². The Labute approximate surface area is 145 Å². The molecule has 0 aliphatic heterocycles. The quantitative estimate of drug-likeness (QED) is 0.475.